The van der Waals surface area contributed by atoms with E-state index in [1.54, 1.807) is 38.6 Å². The summed E-state index contributed by atoms with van der Waals surface area (Å²) >= 11 is 0. The van der Waals surface area contributed by atoms with Crippen molar-refractivity contribution in [3.8, 4) is 23.1 Å². The minimum absolute atomic E-state index is 0.184. The average Bonchev–Trinajstić information content (AvgIpc) is 3.24. The lowest BCUT2D eigenvalue weighted by molar-refractivity contribution is 0.394. The van der Waals surface area contributed by atoms with Crippen LogP contribution >= 0.6 is 0 Å². The summed E-state index contributed by atoms with van der Waals surface area (Å²) in [5, 5.41) is 3.37. The summed E-state index contributed by atoms with van der Waals surface area (Å²) in [5.74, 6) is 2.60. The molecule has 1 N–H and O–H groups in total. The Morgan fingerprint density at radius 1 is 1.00 bits per heavy atom. The van der Waals surface area contributed by atoms with Crippen LogP contribution in [0.25, 0.3) is 0 Å². The van der Waals surface area contributed by atoms with E-state index in [0.29, 0.717) is 17.6 Å². The summed E-state index contributed by atoms with van der Waals surface area (Å²) in [6.45, 7) is 1.68. The van der Waals surface area contributed by atoms with E-state index in [1.807, 2.05) is 18.2 Å². The second-order valence-electron chi connectivity index (χ2n) is 6.92. The summed E-state index contributed by atoms with van der Waals surface area (Å²) in [4.78, 5) is 11.0. The number of nitrogens with one attached hydrogen (secondary N) is 1. The maximum Gasteiger partial charge on any atom is 0.226 e. The Balaban J connectivity index is 1.40. The lowest BCUT2D eigenvalue weighted by atomic mass is 10.2. The zero-order valence-electron chi connectivity index (χ0n) is 16.8. The number of anilines is 2. The lowest BCUT2D eigenvalue weighted by Crippen LogP contribution is -2.26. The van der Waals surface area contributed by atoms with Crippen molar-refractivity contribution in [1.82, 2.24) is 9.97 Å². The van der Waals surface area contributed by atoms with E-state index in [2.05, 4.69) is 20.2 Å². The highest BCUT2D eigenvalue weighted by atomic mass is 19.1. The molecule has 8 heteroatoms. The molecule has 0 amide bonds. The average molecular weight is 410 g/mol. The topological polar surface area (TPSA) is 68.7 Å². The summed E-state index contributed by atoms with van der Waals surface area (Å²) in [6, 6.07) is 13.5. The standard InChI is InChI=1S/C22H23FN4O3/c1-28-19-11-17(12-20(13-19)29-2)27-10-8-16(14-27)25-22-24-9-7-21(26-22)30-18-5-3-15(23)4-6-18/h3-7,9,11-13,16H,8,10,14H2,1-2H3,(H,24,25,26). The van der Waals surface area contributed by atoms with Gasteiger partial charge in [-0.2, -0.15) is 4.98 Å². The van der Waals surface area contributed by atoms with Gasteiger partial charge in [-0.15, -0.1) is 0 Å². The molecule has 0 saturated carbocycles. The first-order chi connectivity index (χ1) is 14.6. The van der Waals surface area contributed by atoms with E-state index in [0.717, 1.165) is 36.7 Å². The van der Waals surface area contributed by atoms with Crippen LogP contribution in [0, 0.1) is 5.82 Å². The Kier molecular flexibility index (Phi) is 5.83. The molecule has 0 bridgehead atoms. The molecule has 1 saturated heterocycles. The largest absolute Gasteiger partial charge is 0.497 e. The van der Waals surface area contributed by atoms with Gasteiger partial charge in [0.05, 0.1) is 14.2 Å². The molecule has 2 aromatic carbocycles. The predicted octanol–water partition coefficient (Wildman–Crippen LogP) is 4.12. The zero-order valence-corrected chi connectivity index (χ0v) is 16.8. The SMILES string of the molecule is COc1cc(OC)cc(N2CCC(Nc3nccc(Oc4ccc(F)cc4)n3)C2)c1. The maximum atomic E-state index is 13.0. The van der Waals surface area contributed by atoms with Crippen molar-refractivity contribution >= 4 is 11.6 Å². The van der Waals surface area contributed by atoms with E-state index in [9.17, 15) is 4.39 Å². The summed E-state index contributed by atoms with van der Waals surface area (Å²) < 4.78 is 29.5. The molecule has 0 radical (unpaired) electrons. The van der Waals surface area contributed by atoms with Crippen LogP contribution in [0.2, 0.25) is 0 Å². The molecule has 1 aromatic heterocycles. The van der Waals surface area contributed by atoms with Gasteiger partial charge in [0.15, 0.2) is 0 Å². The quantitative estimate of drug-likeness (QED) is 0.628. The smallest absolute Gasteiger partial charge is 0.226 e. The molecule has 4 rings (SSSR count). The van der Waals surface area contributed by atoms with Crippen molar-refractivity contribution in [2.75, 3.05) is 37.5 Å². The third-order valence-electron chi connectivity index (χ3n) is 4.89. The zero-order chi connectivity index (χ0) is 20.9. The molecule has 1 fully saturated rings. The number of halogens is 1. The Hall–Kier alpha value is -3.55. The van der Waals surface area contributed by atoms with Gasteiger partial charge < -0.3 is 24.4 Å². The number of methoxy groups -OCH3 is 2. The third-order valence-corrected chi connectivity index (χ3v) is 4.89. The number of aromatic nitrogens is 2. The van der Waals surface area contributed by atoms with E-state index >= 15 is 0 Å². The minimum Gasteiger partial charge on any atom is -0.497 e. The molecular weight excluding hydrogens is 387 g/mol. The minimum atomic E-state index is -0.313. The molecule has 1 aliphatic heterocycles. The van der Waals surface area contributed by atoms with Crippen LogP contribution in [0.15, 0.2) is 54.7 Å². The molecule has 2 heterocycles. The van der Waals surface area contributed by atoms with E-state index < -0.39 is 0 Å². The van der Waals surface area contributed by atoms with Gasteiger partial charge in [0.2, 0.25) is 11.8 Å². The first kappa shape index (κ1) is 19.8. The Bertz CT molecular complexity index is 978. The number of ether oxygens (including phenoxy) is 3. The van der Waals surface area contributed by atoms with Crippen molar-refractivity contribution in [3.63, 3.8) is 0 Å². The summed E-state index contributed by atoms with van der Waals surface area (Å²) in [7, 11) is 3.29. The molecule has 3 aromatic rings. The first-order valence-corrected chi connectivity index (χ1v) is 9.64. The van der Waals surface area contributed by atoms with Crippen LogP contribution in [-0.2, 0) is 0 Å². The molecule has 0 aliphatic carbocycles. The van der Waals surface area contributed by atoms with Crippen LogP contribution in [0.4, 0.5) is 16.0 Å². The molecule has 7 nitrogen and oxygen atoms in total. The number of rotatable bonds is 7. The second kappa shape index (κ2) is 8.86. The molecular formula is C22H23FN4O3. The highest BCUT2D eigenvalue weighted by molar-refractivity contribution is 5.56. The van der Waals surface area contributed by atoms with Crippen LogP contribution in [0.1, 0.15) is 6.42 Å². The molecule has 1 aliphatic rings. The maximum absolute atomic E-state index is 13.0. The highest BCUT2D eigenvalue weighted by Gasteiger charge is 2.24. The van der Waals surface area contributed by atoms with Crippen molar-refractivity contribution in [3.05, 3.63) is 60.5 Å². The van der Waals surface area contributed by atoms with Gasteiger partial charge in [-0.05, 0) is 30.7 Å². The normalized spacial score (nSPS) is 15.7. The van der Waals surface area contributed by atoms with Crippen LogP contribution < -0.4 is 24.4 Å². The molecule has 30 heavy (non-hydrogen) atoms. The Morgan fingerprint density at radius 2 is 1.73 bits per heavy atom. The first-order valence-electron chi connectivity index (χ1n) is 9.64. The monoisotopic (exact) mass is 410 g/mol. The van der Waals surface area contributed by atoms with Gasteiger partial charge in [0.1, 0.15) is 23.1 Å². The van der Waals surface area contributed by atoms with Crippen LogP contribution in [0.3, 0.4) is 0 Å². The number of nitrogens with zero attached hydrogens (tertiary/aromatic N) is 3. The lowest BCUT2D eigenvalue weighted by Gasteiger charge is -2.20. The number of benzene rings is 2. The van der Waals surface area contributed by atoms with Gasteiger partial charge in [0, 0.05) is 55.3 Å². The Labute approximate surface area is 174 Å². The molecule has 156 valence electrons. The van der Waals surface area contributed by atoms with Gasteiger partial charge >= 0.3 is 0 Å². The van der Waals surface area contributed by atoms with E-state index in [4.69, 9.17) is 14.2 Å². The van der Waals surface area contributed by atoms with E-state index in [1.165, 1.54) is 12.1 Å². The summed E-state index contributed by atoms with van der Waals surface area (Å²) in [6.07, 6.45) is 2.57. The number of hydrogen-bond acceptors (Lipinski definition) is 7. The molecule has 0 spiro atoms. The Morgan fingerprint density at radius 3 is 2.43 bits per heavy atom. The van der Waals surface area contributed by atoms with Crippen LogP contribution in [-0.4, -0.2) is 43.3 Å². The fourth-order valence-electron chi connectivity index (χ4n) is 3.36. The highest BCUT2D eigenvalue weighted by Crippen LogP contribution is 2.31. The van der Waals surface area contributed by atoms with Crippen LogP contribution in [0.5, 0.6) is 23.1 Å². The van der Waals surface area contributed by atoms with Crippen molar-refractivity contribution in [2.24, 2.45) is 0 Å². The van der Waals surface area contributed by atoms with Gasteiger partial charge in [-0.25, -0.2) is 9.37 Å². The third kappa shape index (κ3) is 4.71. The summed E-state index contributed by atoms with van der Waals surface area (Å²) in [5.41, 5.74) is 1.05. The van der Waals surface area contributed by atoms with Gasteiger partial charge in [-0.3, -0.25) is 0 Å². The number of hydrogen-bond donors (Lipinski definition) is 1. The second-order valence-corrected chi connectivity index (χ2v) is 6.92. The van der Waals surface area contributed by atoms with E-state index in [-0.39, 0.29) is 11.9 Å². The molecule has 1 unspecified atom stereocenters. The van der Waals surface area contributed by atoms with Gasteiger partial charge in [-0.1, -0.05) is 0 Å². The van der Waals surface area contributed by atoms with Crippen molar-refractivity contribution < 1.29 is 18.6 Å². The van der Waals surface area contributed by atoms with Crippen molar-refractivity contribution in [1.29, 1.82) is 0 Å². The predicted molar refractivity (Wildman–Crippen MR) is 112 cm³/mol. The van der Waals surface area contributed by atoms with Gasteiger partial charge in [0.25, 0.3) is 0 Å². The fourth-order valence-corrected chi connectivity index (χ4v) is 3.36. The fraction of sp³-hybridized carbons (Fsp3) is 0.273. The molecule has 1 atom stereocenters. The van der Waals surface area contributed by atoms with Crippen molar-refractivity contribution in [2.45, 2.75) is 12.5 Å².